The number of carbonyl (C=O) groups excluding carboxylic acids is 1. The van der Waals surface area contributed by atoms with Crippen molar-refractivity contribution in [1.29, 1.82) is 0 Å². The van der Waals surface area contributed by atoms with Crippen LogP contribution >= 0.6 is 23.1 Å². The third kappa shape index (κ3) is 3.99. The summed E-state index contributed by atoms with van der Waals surface area (Å²) in [4.78, 5) is 12.1. The maximum absolute atomic E-state index is 12.1. The predicted molar refractivity (Wildman–Crippen MR) is 87.4 cm³/mol. The molecule has 2 unspecified atom stereocenters. The number of carbonyl (C=O) groups is 1. The monoisotopic (exact) mass is 312 g/mol. The van der Waals surface area contributed by atoms with Crippen LogP contribution in [0.15, 0.2) is 15.7 Å². The molecule has 1 aromatic heterocycles. The molecule has 1 aliphatic rings. The molecule has 3 atom stereocenters. The largest absolute Gasteiger partial charge is 0.354 e. The van der Waals surface area contributed by atoms with Crippen LogP contribution in [0, 0.1) is 5.92 Å². The molecule has 0 radical (unpaired) electrons. The molecule has 2 N–H and O–H groups in total. The number of thiophene rings is 1. The zero-order valence-electron chi connectivity index (χ0n) is 12.6. The van der Waals surface area contributed by atoms with E-state index in [9.17, 15) is 4.79 Å². The first-order valence-electron chi connectivity index (χ1n) is 7.25. The summed E-state index contributed by atoms with van der Waals surface area (Å²) in [5.74, 6) is 0.585. The molecular weight excluding hydrogens is 288 g/mol. The SMILES string of the molecule is CC(C)CNC(=O)C(C)NC1C[C@H](C)Sc2sccc21. The summed E-state index contributed by atoms with van der Waals surface area (Å²) in [6, 6.07) is 2.34. The normalized spacial score (nSPS) is 23.4. The predicted octanol–water partition coefficient (Wildman–Crippen LogP) is 3.42. The molecule has 3 nitrogen and oxygen atoms in total. The molecule has 0 bridgehead atoms. The number of rotatable bonds is 5. The molecule has 2 heterocycles. The summed E-state index contributed by atoms with van der Waals surface area (Å²) in [5.41, 5.74) is 1.36. The zero-order chi connectivity index (χ0) is 14.7. The van der Waals surface area contributed by atoms with E-state index < -0.39 is 0 Å². The Hall–Kier alpha value is -0.520. The van der Waals surface area contributed by atoms with Crippen LogP contribution in [0.2, 0.25) is 0 Å². The highest BCUT2D eigenvalue weighted by Crippen LogP contribution is 2.43. The number of thioether (sulfide) groups is 1. The molecule has 1 amide bonds. The van der Waals surface area contributed by atoms with Gasteiger partial charge in [0.1, 0.15) is 0 Å². The third-order valence-corrected chi connectivity index (χ3v) is 5.78. The highest BCUT2D eigenvalue weighted by atomic mass is 32.2. The summed E-state index contributed by atoms with van der Waals surface area (Å²) in [6.07, 6.45) is 1.08. The van der Waals surface area contributed by atoms with Gasteiger partial charge in [-0.05, 0) is 36.3 Å². The molecule has 112 valence electrons. The summed E-state index contributed by atoms with van der Waals surface area (Å²) in [7, 11) is 0. The van der Waals surface area contributed by atoms with E-state index >= 15 is 0 Å². The summed E-state index contributed by atoms with van der Waals surface area (Å²) < 4.78 is 1.40. The highest BCUT2D eigenvalue weighted by molar-refractivity contribution is 8.01. The lowest BCUT2D eigenvalue weighted by Gasteiger charge is -2.29. The maximum Gasteiger partial charge on any atom is 0.236 e. The second-order valence-electron chi connectivity index (χ2n) is 5.91. The topological polar surface area (TPSA) is 41.1 Å². The first-order chi connectivity index (χ1) is 9.47. The van der Waals surface area contributed by atoms with Crippen LogP contribution in [-0.2, 0) is 4.79 Å². The number of hydrogen-bond donors (Lipinski definition) is 2. The fourth-order valence-corrected chi connectivity index (χ4v) is 4.91. The molecule has 0 saturated carbocycles. The van der Waals surface area contributed by atoms with Gasteiger partial charge in [-0.3, -0.25) is 10.1 Å². The van der Waals surface area contributed by atoms with Crippen molar-refractivity contribution in [2.45, 2.75) is 55.7 Å². The van der Waals surface area contributed by atoms with E-state index in [4.69, 9.17) is 0 Å². The Kier molecular flexibility index (Phi) is 5.52. The van der Waals surface area contributed by atoms with E-state index in [1.54, 1.807) is 11.3 Å². The molecule has 1 aliphatic heterocycles. The summed E-state index contributed by atoms with van der Waals surface area (Å²) >= 11 is 3.75. The molecule has 0 aromatic carbocycles. The second kappa shape index (κ2) is 6.96. The van der Waals surface area contributed by atoms with Crippen LogP contribution in [0.4, 0.5) is 0 Å². The smallest absolute Gasteiger partial charge is 0.236 e. The van der Waals surface area contributed by atoms with Gasteiger partial charge in [0.05, 0.1) is 10.3 Å². The average Bonchev–Trinajstić information content (AvgIpc) is 2.83. The van der Waals surface area contributed by atoms with Gasteiger partial charge < -0.3 is 5.32 Å². The lowest BCUT2D eigenvalue weighted by atomic mass is 10.0. The Labute approximate surface area is 129 Å². The van der Waals surface area contributed by atoms with Gasteiger partial charge in [0.15, 0.2) is 0 Å². The van der Waals surface area contributed by atoms with Crippen molar-refractivity contribution in [2.75, 3.05) is 6.54 Å². The average molecular weight is 313 g/mol. The lowest BCUT2D eigenvalue weighted by Crippen LogP contribution is -2.45. The summed E-state index contributed by atoms with van der Waals surface area (Å²) in [6.45, 7) is 9.16. The Morgan fingerprint density at radius 3 is 2.90 bits per heavy atom. The molecule has 5 heteroatoms. The number of amides is 1. The third-order valence-electron chi connectivity index (χ3n) is 3.44. The molecule has 0 aliphatic carbocycles. The minimum absolute atomic E-state index is 0.0985. The van der Waals surface area contributed by atoms with Crippen LogP contribution in [0.1, 0.15) is 45.7 Å². The first-order valence-corrected chi connectivity index (χ1v) is 9.01. The van der Waals surface area contributed by atoms with Crippen molar-refractivity contribution < 1.29 is 4.79 Å². The van der Waals surface area contributed by atoms with Crippen LogP contribution < -0.4 is 10.6 Å². The van der Waals surface area contributed by atoms with E-state index in [0.29, 0.717) is 17.2 Å². The Balaban J connectivity index is 1.95. The van der Waals surface area contributed by atoms with Crippen molar-refractivity contribution in [3.05, 3.63) is 17.0 Å². The van der Waals surface area contributed by atoms with Crippen molar-refractivity contribution >= 4 is 29.0 Å². The van der Waals surface area contributed by atoms with Crippen molar-refractivity contribution in [3.8, 4) is 0 Å². The summed E-state index contributed by atoms with van der Waals surface area (Å²) in [5, 5.41) is 9.24. The fraction of sp³-hybridized carbons (Fsp3) is 0.667. The van der Waals surface area contributed by atoms with Gasteiger partial charge in [-0.25, -0.2) is 0 Å². The van der Waals surface area contributed by atoms with Gasteiger partial charge >= 0.3 is 0 Å². The first kappa shape index (κ1) is 15.9. The van der Waals surface area contributed by atoms with Gasteiger partial charge in [-0.1, -0.05) is 20.8 Å². The van der Waals surface area contributed by atoms with Gasteiger partial charge in [0.25, 0.3) is 0 Å². The van der Waals surface area contributed by atoms with E-state index in [0.717, 1.165) is 13.0 Å². The highest BCUT2D eigenvalue weighted by Gasteiger charge is 2.28. The lowest BCUT2D eigenvalue weighted by molar-refractivity contribution is -0.123. The van der Waals surface area contributed by atoms with Gasteiger partial charge in [0.2, 0.25) is 5.91 Å². The molecule has 0 spiro atoms. The van der Waals surface area contributed by atoms with Gasteiger partial charge in [0, 0.05) is 17.8 Å². The van der Waals surface area contributed by atoms with Crippen LogP contribution in [0.5, 0.6) is 0 Å². The minimum Gasteiger partial charge on any atom is -0.354 e. The zero-order valence-corrected chi connectivity index (χ0v) is 14.2. The minimum atomic E-state index is -0.151. The quantitative estimate of drug-likeness (QED) is 0.875. The Morgan fingerprint density at radius 2 is 2.20 bits per heavy atom. The van der Waals surface area contributed by atoms with Crippen LogP contribution in [0.3, 0.4) is 0 Å². The maximum atomic E-state index is 12.1. The Bertz CT molecular complexity index is 458. The van der Waals surface area contributed by atoms with E-state index in [1.165, 1.54) is 9.77 Å². The molecule has 0 saturated heterocycles. The van der Waals surface area contributed by atoms with E-state index in [1.807, 2.05) is 18.7 Å². The van der Waals surface area contributed by atoms with Gasteiger partial charge in [-0.2, -0.15) is 0 Å². The van der Waals surface area contributed by atoms with Crippen molar-refractivity contribution in [1.82, 2.24) is 10.6 Å². The van der Waals surface area contributed by atoms with Crippen LogP contribution in [-0.4, -0.2) is 23.7 Å². The van der Waals surface area contributed by atoms with E-state index in [2.05, 4.69) is 42.9 Å². The second-order valence-corrected chi connectivity index (χ2v) is 8.53. The fourth-order valence-electron chi connectivity index (χ4n) is 2.34. The molecular formula is C15H24N2OS2. The van der Waals surface area contributed by atoms with Crippen LogP contribution in [0.25, 0.3) is 0 Å². The number of fused-ring (bicyclic) bond motifs is 1. The van der Waals surface area contributed by atoms with E-state index in [-0.39, 0.29) is 11.9 Å². The Morgan fingerprint density at radius 1 is 1.45 bits per heavy atom. The van der Waals surface area contributed by atoms with Crippen molar-refractivity contribution in [3.63, 3.8) is 0 Å². The molecule has 1 aromatic rings. The molecule has 2 rings (SSSR count). The molecule has 0 fully saturated rings. The number of hydrogen-bond acceptors (Lipinski definition) is 4. The standard InChI is InChI=1S/C15H24N2OS2/c1-9(2)8-16-14(18)11(4)17-13-7-10(3)20-15-12(13)5-6-19-15/h5-6,9-11,13,17H,7-8H2,1-4H3,(H,16,18)/t10-,11?,13?/m0/s1. The molecule has 20 heavy (non-hydrogen) atoms. The van der Waals surface area contributed by atoms with Crippen molar-refractivity contribution in [2.24, 2.45) is 5.92 Å². The number of nitrogens with one attached hydrogen (secondary N) is 2. The van der Waals surface area contributed by atoms with Gasteiger partial charge in [-0.15, -0.1) is 23.1 Å².